The molecule has 6 heteroatoms. The zero-order chi connectivity index (χ0) is 11.5. The lowest BCUT2D eigenvalue weighted by Gasteiger charge is -2.13. The van der Waals surface area contributed by atoms with E-state index in [2.05, 4.69) is 29.4 Å². The van der Waals surface area contributed by atoms with Gasteiger partial charge in [-0.15, -0.1) is 10.2 Å². The topological polar surface area (TPSA) is 68.8 Å². The highest BCUT2D eigenvalue weighted by molar-refractivity contribution is 7.99. The first-order valence-electron chi connectivity index (χ1n) is 5.75. The molecule has 1 atom stereocenters. The summed E-state index contributed by atoms with van der Waals surface area (Å²) in [7, 11) is 0. The predicted molar refractivity (Wildman–Crippen MR) is 66.6 cm³/mol. The van der Waals surface area contributed by atoms with Gasteiger partial charge >= 0.3 is 0 Å². The van der Waals surface area contributed by atoms with E-state index in [1.807, 2.05) is 4.57 Å². The molecule has 0 radical (unpaired) electrons. The molecular weight excluding hydrogens is 222 g/mol. The van der Waals surface area contributed by atoms with Crippen LogP contribution in [0.4, 0.5) is 5.95 Å². The van der Waals surface area contributed by atoms with Gasteiger partial charge in [0.1, 0.15) is 0 Å². The Hall–Kier alpha value is -0.750. The maximum atomic E-state index is 5.79. The zero-order valence-corrected chi connectivity index (χ0v) is 10.6. The Morgan fingerprint density at radius 1 is 1.56 bits per heavy atom. The molecule has 16 heavy (non-hydrogen) atoms. The van der Waals surface area contributed by atoms with Crippen molar-refractivity contribution in [2.24, 2.45) is 0 Å². The number of rotatable bonds is 4. The van der Waals surface area contributed by atoms with Crippen LogP contribution in [-0.4, -0.2) is 33.1 Å². The third kappa shape index (κ3) is 2.49. The second-order valence-electron chi connectivity index (χ2n) is 4.41. The minimum atomic E-state index is 0.314. The van der Waals surface area contributed by atoms with Crippen LogP contribution in [0.5, 0.6) is 0 Å². The molecule has 0 spiro atoms. The first-order valence-corrected chi connectivity index (χ1v) is 6.73. The first-order chi connectivity index (χ1) is 7.68. The molecule has 0 amide bonds. The van der Waals surface area contributed by atoms with Crippen LogP contribution in [0.25, 0.3) is 0 Å². The number of thioether (sulfide) groups is 1. The van der Waals surface area contributed by atoms with Crippen molar-refractivity contribution in [1.29, 1.82) is 0 Å². The summed E-state index contributed by atoms with van der Waals surface area (Å²) in [5.74, 6) is 1.56. The Morgan fingerprint density at radius 3 is 3.00 bits per heavy atom. The number of nitrogen functional groups attached to an aromatic ring is 1. The van der Waals surface area contributed by atoms with Crippen LogP contribution >= 0.6 is 11.8 Å². The molecule has 0 aromatic carbocycles. The van der Waals surface area contributed by atoms with Gasteiger partial charge in [-0.25, -0.2) is 0 Å². The van der Waals surface area contributed by atoms with Gasteiger partial charge < -0.3 is 11.1 Å². The van der Waals surface area contributed by atoms with E-state index in [1.165, 1.54) is 12.8 Å². The van der Waals surface area contributed by atoms with E-state index < -0.39 is 0 Å². The largest absolute Gasteiger partial charge is 0.368 e. The Morgan fingerprint density at radius 2 is 2.38 bits per heavy atom. The summed E-state index contributed by atoms with van der Waals surface area (Å²) in [4.78, 5) is 0. The van der Waals surface area contributed by atoms with Crippen LogP contribution in [0.15, 0.2) is 5.16 Å². The lowest BCUT2D eigenvalue weighted by atomic mass is 10.3. The summed E-state index contributed by atoms with van der Waals surface area (Å²) in [6.45, 7) is 5.33. The normalized spacial score (nSPS) is 20.8. The van der Waals surface area contributed by atoms with Crippen molar-refractivity contribution >= 4 is 17.7 Å². The Labute approximate surface area is 100 Å². The van der Waals surface area contributed by atoms with Crippen molar-refractivity contribution in [3.05, 3.63) is 0 Å². The second-order valence-corrected chi connectivity index (χ2v) is 5.40. The van der Waals surface area contributed by atoms with Crippen molar-refractivity contribution in [2.45, 2.75) is 43.9 Å². The molecular formula is C10H19N5S. The number of nitrogens with one attached hydrogen (secondary N) is 1. The SMILES string of the molecule is CC(C)n1c(N)nnc1SC[C@H]1CCCN1. The van der Waals surface area contributed by atoms with E-state index in [4.69, 9.17) is 5.73 Å². The monoisotopic (exact) mass is 241 g/mol. The molecule has 5 nitrogen and oxygen atoms in total. The van der Waals surface area contributed by atoms with Gasteiger partial charge in [0.05, 0.1) is 0 Å². The Kier molecular flexibility index (Phi) is 3.70. The molecule has 0 unspecified atom stereocenters. The van der Waals surface area contributed by atoms with Gasteiger partial charge in [-0.3, -0.25) is 4.57 Å². The highest BCUT2D eigenvalue weighted by atomic mass is 32.2. The van der Waals surface area contributed by atoms with Gasteiger partial charge in [-0.2, -0.15) is 0 Å². The van der Waals surface area contributed by atoms with E-state index in [-0.39, 0.29) is 0 Å². The first kappa shape index (κ1) is 11.7. The van der Waals surface area contributed by atoms with Crippen molar-refractivity contribution in [3.63, 3.8) is 0 Å². The molecule has 2 heterocycles. The van der Waals surface area contributed by atoms with E-state index in [9.17, 15) is 0 Å². The molecule has 2 rings (SSSR count). The van der Waals surface area contributed by atoms with Crippen molar-refractivity contribution < 1.29 is 0 Å². The zero-order valence-electron chi connectivity index (χ0n) is 9.81. The molecule has 1 aromatic heterocycles. The van der Waals surface area contributed by atoms with E-state index in [0.717, 1.165) is 17.5 Å². The fourth-order valence-electron chi connectivity index (χ4n) is 1.95. The van der Waals surface area contributed by atoms with Crippen molar-refractivity contribution in [1.82, 2.24) is 20.1 Å². The molecule has 1 aliphatic heterocycles. The molecule has 1 aromatic rings. The second kappa shape index (κ2) is 5.05. The van der Waals surface area contributed by atoms with Gasteiger partial charge in [0.2, 0.25) is 5.95 Å². The third-order valence-corrected chi connectivity index (χ3v) is 3.89. The summed E-state index contributed by atoms with van der Waals surface area (Å²) < 4.78 is 1.99. The standard InChI is InChI=1S/C10H19N5S/c1-7(2)15-9(11)13-14-10(15)16-6-8-4-3-5-12-8/h7-8,12H,3-6H2,1-2H3,(H2,11,13)/t8-/m1/s1. The quantitative estimate of drug-likeness (QED) is 0.777. The summed E-state index contributed by atoms with van der Waals surface area (Å²) in [5, 5.41) is 12.5. The fourth-order valence-corrected chi connectivity index (χ4v) is 3.12. The Balaban J connectivity index is 1.97. The highest BCUT2D eigenvalue weighted by Crippen LogP contribution is 2.24. The minimum absolute atomic E-state index is 0.314. The van der Waals surface area contributed by atoms with Gasteiger partial charge in [0, 0.05) is 17.8 Å². The number of aromatic nitrogens is 3. The highest BCUT2D eigenvalue weighted by Gasteiger charge is 2.17. The van der Waals surface area contributed by atoms with Crippen molar-refractivity contribution in [3.8, 4) is 0 Å². The molecule has 0 aliphatic carbocycles. The molecule has 1 fully saturated rings. The van der Waals surface area contributed by atoms with Gasteiger partial charge in [-0.1, -0.05) is 11.8 Å². The lowest BCUT2D eigenvalue weighted by Crippen LogP contribution is -2.23. The van der Waals surface area contributed by atoms with Gasteiger partial charge in [0.25, 0.3) is 0 Å². The maximum absolute atomic E-state index is 5.79. The summed E-state index contributed by atoms with van der Waals surface area (Å²) in [6.07, 6.45) is 2.54. The summed E-state index contributed by atoms with van der Waals surface area (Å²) in [6, 6.07) is 0.928. The van der Waals surface area contributed by atoms with Gasteiger partial charge in [0.15, 0.2) is 5.16 Å². The lowest BCUT2D eigenvalue weighted by molar-refractivity contribution is 0.556. The third-order valence-electron chi connectivity index (χ3n) is 2.78. The van der Waals surface area contributed by atoms with E-state index in [1.54, 1.807) is 11.8 Å². The average Bonchev–Trinajstić information content (AvgIpc) is 2.83. The molecule has 0 bridgehead atoms. The van der Waals surface area contributed by atoms with Crippen LogP contribution < -0.4 is 11.1 Å². The minimum Gasteiger partial charge on any atom is -0.368 e. The summed E-state index contributed by atoms with van der Waals surface area (Å²) in [5.41, 5.74) is 5.79. The number of hydrogen-bond acceptors (Lipinski definition) is 5. The molecule has 1 aliphatic rings. The molecule has 0 saturated carbocycles. The number of nitrogens with zero attached hydrogens (tertiary/aromatic N) is 3. The van der Waals surface area contributed by atoms with E-state index in [0.29, 0.717) is 18.0 Å². The van der Waals surface area contributed by atoms with Crippen LogP contribution in [0.3, 0.4) is 0 Å². The fraction of sp³-hybridized carbons (Fsp3) is 0.800. The molecule has 1 saturated heterocycles. The predicted octanol–water partition coefficient (Wildman–Crippen LogP) is 1.29. The van der Waals surface area contributed by atoms with Crippen LogP contribution in [0, 0.1) is 0 Å². The smallest absolute Gasteiger partial charge is 0.222 e. The Bertz CT molecular complexity index is 343. The number of hydrogen-bond donors (Lipinski definition) is 2. The molecule has 3 N–H and O–H groups in total. The average molecular weight is 241 g/mol. The van der Waals surface area contributed by atoms with Crippen LogP contribution in [0.1, 0.15) is 32.7 Å². The summed E-state index contributed by atoms with van der Waals surface area (Å²) >= 11 is 1.74. The van der Waals surface area contributed by atoms with Gasteiger partial charge in [-0.05, 0) is 33.2 Å². The van der Waals surface area contributed by atoms with E-state index >= 15 is 0 Å². The van der Waals surface area contributed by atoms with Crippen LogP contribution in [0.2, 0.25) is 0 Å². The maximum Gasteiger partial charge on any atom is 0.222 e. The molecule has 90 valence electrons. The van der Waals surface area contributed by atoms with Crippen molar-refractivity contribution in [2.75, 3.05) is 18.0 Å². The number of nitrogens with two attached hydrogens (primary N) is 1. The number of anilines is 1. The van der Waals surface area contributed by atoms with Crippen LogP contribution in [-0.2, 0) is 0 Å².